The molecule has 0 fully saturated rings. The molecule has 144 valence electrons. The maximum absolute atomic E-state index is 2.26. The first-order valence-corrected chi connectivity index (χ1v) is 9.94. The van der Waals surface area contributed by atoms with Crippen LogP contribution in [0.2, 0.25) is 0 Å². The van der Waals surface area contributed by atoms with Crippen molar-refractivity contribution in [2.45, 2.75) is 0 Å². The van der Waals surface area contributed by atoms with Gasteiger partial charge in [0.05, 0.1) is 0 Å². The Kier molecular flexibility index (Phi) is 5.18. The highest BCUT2D eigenvalue weighted by Crippen LogP contribution is 2.33. The summed E-state index contributed by atoms with van der Waals surface area (Å²) in [4.78, 5) is 2.13. The zero-order chi connectivity index (χ0) is 20.4. The number of hydrogen-bond donors (Lipinski definition) is 0. The number of allylic oxidation sites excluding steroid dienone is 5. The summed E-state index contributed by atoms with van der Waals surface area (Å²) in [6.07, 6.45) is 10.9. The standard InChI is InChI=1S/C27H27N2/c1-28(2)23-14-9-20(10-15-23)19-22-13-18-26(27-8-6-5-7-25(22)27)21-11-16-24(17-12-21)29(3)4/h5-19H,1-4H3/q+1. The van der Waals surface area contributed by atoms with Gasteiger partial charge in [0, 0.05) is 31.9 Å². The Morgan fingerprint density at radius 1 is 0.724 bits per heavy atom. The fourth-order valence-electron chi connectivity index (χ4n) is 3.69. The van der Waals surface area contributed by atoms with Crippen molar-refractivity contribution < 1.29 is 4.58 Å². The third-order valence-electron chi connectivity index (χ3n) is 5.38. The van der Waals surface area contributed by atoms with E-state index < -0.39 is 0 Å². The average Bonchev–Trinajstić information content (AvgIpc) is 2.74. The van der Waals surface area contributed by atoms with E-state index in [1.54, 1.807) is 0 Å². The van der Waals surface area contributed by atoms with Crippen molar-refractivity contribution in [2.75, 3.05) is 33.1 Å². The van der Waals surface area contributed by atoms with Gasteiger partial charge in [-0.15, -0.1) is 0 Å². The Labute approximate surface area is 173 Å². The van der Waals surface area contributed by atoms with E-state index in [-0.39, 0.29) is 0 Å². The molecule has 0 aromatic heterocycles. The second-order valence-electron chi connectivity index (χ2n) is 7.82. The Hall–Kier alpha value is -3.39. The topological polar surface area (TPSA) is 6.25 Å². The molecule has 0 saturated carbocycles. The van der Waals surface area contributed by atoms with E-state index in [2.05, 4.69) is 129 Å². The van der Waals surface area contributed by atoms with Crippen molar-refractivity contribution >= 4 is 28.2 Å². The Bertz CT molecular complexity index is 1150. The van der Waals surface area contributed by atoms with Crippen molar-refractivity contribution in [3.63, 3.8) is 0 Å². The van der Waals surface area contributed by atoms with E-state index in [9.17, 15) is 0 Å². The zero-order valence-corrected chi connectivity index (χ0v) is 17.6. The van der Waals surface area contributed by atoms with Gasteiger partial charge in [-0.1, -0.05) is 48.5 Å². The minimum atomic E-state index is 1.21. The second kappa shape index (κ2) is 7.92. The van der Waals surface area contributed by atoms with Crippen LogP contribution in [0.3, 0.4) is 0 Å². The van der Waals surface area contributed by atoms with Crippen LogP contribution in [0.1, 0.15) is 5.56 Å². The van der Waals surface area contributed by atoms with Crippen LogP contribution in [0, 0.1) is 0 Å². The first-order chi connectivity index (χ1) is 14.0. The Morgan fingerprint density at radius 3 is 2.00 bits per heavy atom. The molecule has 0 bridgehead atoms. The quantitative estimate of drug-likeness (QED) is 0.522. The molecule has 0 saturated heterocycles. The number of hydrogen-bond acceptors (Lipinski definition) is 1. The smallest absolute Gasteiger partial charge is 0.199 e. The molecule has 4 rings (SSSR count). The van der Waals surface area contributed by atoms with Gasteiger partial charge in [0.25, 0.3) is 0 Å². The van der Waals surface area contributed by atoms with Crippen LogP contribution >= 0.6 is 0 Å². The lowest BCUT2D eigenvalue weighted by atomic mass is 9.93. The first kappa shape index (κ1) is 18.9. The van der Waals surface area contributed by atoms with Crippen LogP contribution in [-0.4, -0.2) is 38.5 Å². The van der Waals surface area contributed by atoms with Gasteiger partial charge < -0.3 is 4.90 Å². The molecule has 2 heteroatoms. The van der Waals surface area contributed by atoms with Crippen LogP contribution in [-0.2, 0) is 0 Å². The normalized spacial score (nSPS) is 13.1. The van der Waals surface area contributed by atoms with Gasteiger partial charge in [-0.25, -0.2) is 4.58 Å². The number of rotatable bonds is 3. The summed E-state index contributed by atoms with van der Waals surface area (Å²) in [5, 5.41) is 2.56. The highest BCUT2D eigenvalue weighted by atomic mass is 15.1. The van der Waals surface area contributed by atoms with Gasteiger partial charge in [-0.2, -0.15) is 0 Å². The first-order valence-electron chi connectivity index (χ1n) is 9.94. The fourth-order valence-corrected chi connectivity index (χ4v) is 3.69. The van der Waals surface area contributed by atoms with Gasteiger partial charge >= 0.3 is 0 Å². The number of nitrogens with zero attached hydrogens (tertiary/aromatic N) is 2. The van der Waals surface area contributed by atoms with Crippen molar-refractivity contribution in [3.8, 4) is 11.1 Å². The van der Waals surface area contributed by atoms with Gasteiger partial charge in [-0.05, 0) is 63.4 Å². The number of benzene rings is 3. The highest BCUT2D eigenvalue weighted by molar-refractivity contribution is 6.04. The molecular weight excluding hydrogens is 352 g/mol. The molecule has 0 unspecified atom stereocenters. The summed E-state index contributed by atoms with van der Waals surface area (Å²) in [6.45, 7) is 0. The van der Waals surface area contributed by atoms with E-state index in [1.165, 1.54) is 44.4 Å². The third kappa shape index (κ3) is 3.93. The molecule has 0 atom stereocenters. The summed E-state index contributed by atoms with van der Waals surface area (Å²) in [6, 6.07) is 21.9. The van der Waals surface area contributed by atoms with Crippen LogP contribution < -0.4 is 4.90 Å². The van der Waals surface area contributed by atoms with Crippen LogP contribution in [0.4, 0.5) is 5.69 Å². The van der Waals surface area contributed by atoms with Gasteiger partial charge in [0.1, 0.15) is 14.1 Å². The average molecular weight is 380 g/mol. The maximum Gasteiger partial charge on any atom is 0.199 e. The number of fused-ring (bicyclic) bond motifs is 1. The third-order valence-corrected chi connectivity index (χ3v) is 5.38. The highest BCUT2D eigenvalue weighted by Gasteiger charge is 2.09. The van der Waals surface area contributed by atoms with Gasteiger partial charge in [-0.3, -0.25) is 0 Å². The van der Waals surface area contributed by atoms with E-state index in [0.717, 1.165) is 0 Å². The summed E-state index contributed by atoms with van der Waals surface area (Å²) < 4.78 is 2.12. The predicted octanol–water partition coefficient (Wildman–Crippen LogP) is 5.80. The molecule has 3 aromatic carbocycles. The number of anilines is 1. The largest absolute Gasteiger partial charge is 0.378 e. The SMILES string of the molecule is CN(C)c1ccc(-c2ccc(C=C3C=CC(=[N+](C)C)C=C3)c3ccccc23)cc1. The Morgan fingerprint density at radius 2 is 1.38 bits per heavy atom. The lowest BCUT2D eigenvalue weighted by molar-refractivity contribution is -0.462. The molecule has 2 nitrogen and oxygen atoms in total. The molecule has 3 aromatic rings. The lowest BCUT2D eigenvalue weighted by Gasteiger charge is -2.14. The predicted molar refractivity (Wildman–Crippen MR) is 127 cm³/mol. The molecule has 0 amide bonds. The second-order valence-corrected chi connectivity index (χ2v) is 7.82. The molecule has 0 N–H and O–H groups in total. The summed E-state index contributed by atoms with van der Waals surface area (Å²) in [5.74, 6) is 0. The molecule has 0 heterocycles. The van der Waals surface area contributed by atoms with Crippen LogP contribution in [0.15, 0.2) is 90.5 Å². The van der Waals surface area contributed by atoms with Crippen molar-refractivity contribution in [1.82, 2.24) is 0 Å². The summed E-state index contributed by atoms with van der Waals surface area (Å²) >= 11 is 0. The molecule has 0 aliphatic heterocycles. The summed E-state index contributed by atoms with van der Waals surface area (Å²) in [7, 11) is 8.27. The molecule has 29 heavy (non-hydrogen) atoms. The lowest BCUT2D eigenvalue weighted by Crippen LogP contribution is -2.09. The molecule has 0 spiro atoms. The van der Waals surface area contributed by atoms with E-state index >= 15 is 0 Å². The fraction of sp³-hybridized carbons (Fsp3) is 0.148. The minimum absolute atomic E-state index is 1.21. The monoisotopic (exact) mass is 379 g/mol. The molecular formula is C27H27N2+. The molecule has 1 aliphatic rings. The minimum Gasteiger partial charge on any atom is -0.378 e. The molecule has 1 aliphatic carbocycles. The van der Waals surface area contributed by atoms with Crippen LogP contribution in [0.25, 0.3) is 28.0 Å². The summed E-state index contributed by atoms with van der Waals surface area (Å²) in [5.41, 5.74) is 7.39. The van der Waals surface area contributed by atoms with Crippen molar-refractivity contribution in [3.05, 3.63) is 96.1 Å². The van der Waals surface area contributed by atoms with Gasteiger partial charge in [0.2, 0.25) is 0 Å². The maximum atomic E-state index is 2.26. The van der Waals surface area contributed by atoms with Crippen LogP contribution in [0.5, 0.6) is 0 Å². The van der Waals surface area contributed by atoms with E-state index in [0.29, 0.717) is 0 Å². The molecule has 0 radical (unpaired) electrons. The van der Waals surface area contributed by atoms with E-state index in [4.69, 9.17) is 0 Å². The van der Waals surface area contributed by atoms with Crippen molar-refractivity contribution in [2.24, 2.45) is 0 Å². The van der Waals surface area contributed by atoms with E-state index in [1.807, 2.05) is 0 Å². The van der Waals surface area contributed by atoms with Crippen molar-refractivity contribution in [1.29, 1.82) is 0 Å². The zero-order valence-electron chi connectivity index (χ0n) is 17.6. The van der Waals surface area contributed by atoms with Gasteiger partial charge in [0.15, 0.2) is 5.71 Å². The Balaban J connectivity index is 1.77.